The van der Waals surface area contributed by atoms with E-state index in [1.54, 1.807) is 30.4 Å². The van der Waals surface area contributed by atoms with Crippen LogP contribution in [0.25, 0.3) is 11.1 Å². The number of carbonyl (C=O) groups is 1. The number of morpholine rings is 1. The van der Waals surface area contributed by atoms with E-state index in [2.05, 4.69) is 30.9 Å². The number of methoxy groups -OCH3 is 1. The number of amidine groups is 1. The molecule has 1 fully saturated rings. The maximum Gasteiger partial charge on any atom is 0.212 e. The summed E-state index contributed by atoms with van der Waals surface area (Å²) in [5.41, 5.74) is 3.79. The zero-order valence-electron chi connectivity index (χ0n) is 18.2. The zero-order valence-corrected chi connectivity index (χ0v) is 18.2. The number of fused-ring (bicyclic) bond motifs is 1. The van der Waals surface area contributed by atoms with E-state index in [-0.39, 0.29) is 0 Å². The van der Waals surface area contributed by atoms with E-state index in [4.69, 9.17) is 9.47 Å². The van der Waals surface area contributed by atoms with Gasteiger partial charge in [0.05, 0.1) is 32.2 Å². The van der Waals surface area contributed by atoms with E-state index in [9.17, 15) is 4.79 Å². The highest BCUT2D eigenvalue weighted by atomic mass is 16.5. The molecule has 0 aliphatic carbocycles. The Hall–Kier alpha value is -3.63. The van der Waals surface area contributed by atoms with Crippen LogP contribution in [0, 0.1) is 0 Å². The Bertz CT molecular complexity index is 979. The average Bonchev–Trinajstić information content (AvgIpc) is 3.48. The number of carbonyl (C=O) groups excluding carboxylic acids is 1. The number of rotatable bonds is 3. The van der Waals surface area contributed by atoms with Crippen LogP contribution in [0.15, 0.2) is 54.0 Å². The van der Waals surface area contributed by atoms with Gasteiger partial charge in [0, 0.05) is 61.8 Å². The summed E-state index contributed by atoms with van der Waals surface area (Å²) < 4.78 is 12.1. The number of aromatic nitrogens is 4. The van der Waals surface area contributed by atoms with Crippen LogP contribution in [0.2, 0.25) is 0 Å². The molecule has 0 atom stereocenters. The second-order valence-electron chi connectivity index (χ2n) is 6.82. The molecule has 0 spiro atoms. The number of ether oxygens (including phenoxy) is 2. The maximum atomic E-state index is 10.6. The average molecular weight is 438 g/mol. The molecule has 168 valence electrons. The number of nitrogens with zero attached hydrogens (tertiary/aromatic N) is 5. The molecule has 4 heterocycles. The Balaban J connectivity index is 0.000000195. The smallest absolute Gasteiger partial charge is 0.212 e. The van der Waals surface area contributed by atoms with Crippen LogP contribution in [-0.4, -0.2) is 65.6 Å². The van der Waals surface area contributed by atoms with Crippen molar-refractivity contribution in [3.63, 3.8) is 0 Å². The highest BCUT2D eigenvalue weighted by molar-refractivity contribution is 6.01. The molecule has 10 heteroatoms. The van der Waals surface area contributed by atoms with Crippen LogP contribution in [0.5, 0.6) is 5.75 Å². The molecule has 2 aliphatic heterocycles. The van der Waals surface area contributed by atoms with Crippen molar-refractivity contribution in [3.05, 3.63) is 54.6 Å². The molecule has 5 rings (SSSR count). The number of benzene rings is 1. The summed E-state index contributed by atoms with van der Waals surface area (Å²) in [6, 6.07) is 7.53. The maximum absolute atomic E-state index is 10.6. The fraction of sp³-hybridized carbons (Fsp3) is 0.318. The summed E-state index contributed by atoms with van der Waals surface area (Å²) in [4.78, 5) is 15.1. The highest BCUT2D eigenvalue weighted by Gasteiger charge is 2.23. The number of aryl methyl sites for hydroxylation is 1. The van der Waals surface area contributed by atoms with Gasteiger partial charge in [0.1, 0.15) is 11.6 Å². The van der Waals surface area contributed by atoms with Crippen molar-refractivity contribution in [2.45, 2.75) is 6.42 Å². The number of nitrogens with one attached hydrogen (secondary N) is 2. The lowest BCUT2D eigenvalue weighted by Gasteiger charge is -2.10. The van der Waals surface area contributed by atoms with Crippen molar-refractivity contribution in [3.8, 4) is 16.9 Å². The Labute approximate surface area is 186 Å². The van der Waals surface area contributed by atoms with Gasteiger partial charge in [-0.25, -0.2) is 4.99 Å². The van der Waals surface area contributed by atoms with Gasteiger partial charge in [-0.05, 0) is 24.3 Å². The Morgan fingerprint density at radius 3 is 2.41 bits per heavy atom. The van der Waals surface area contributed by atoms with Crippen molar-refractivity contribution in [2.75, 3.05) is 33.4 Å². The minimum absolute atomic E-state index is 0.561. The summed E-state index contributed by atoms with van der Waals surface area (Å²) in [5.74, 6) is 1.41. The van der Waals surface area contributed by atoms with Crippen molar-refractivity contribution in [1.82, 2.24) is 30.6 Å². The fourth-order valence-corrected chi connectivity index (χ4v) is 3.16. The van der Waals surface area contributed by atoms with Crippen LogP contribution in [-0.2, 0) is 23.0 Å². The largest absolute Gasteiger partial charge is 0.496 e. The monoisotopic (exact) mass is 437 g/mol. The van der Waals surface area contributed by atoms with Crippen LogP contribution < -0.4 is 15.4 Å². The number of aliphatic imine (C=N–C) groups is 1. The van der Waals surface area contributed by atoms with Crippen molar-refractivity contribution < 1.29 is 14.3 Å². The first-order valence-corrected chi connectivity index (χ1v) is 10.2. The van der Waals surface area contributed by atoms with Gasteiger partial charge < -0.3 is 20.1 Å². The molecule has 1 amide bonds. The molecule has 0 saturated carbocycles. The molecule has 1 aromatic carbocycles. The van der Waals surface area contributed by atoms with Gasteiger partial charge in [0.2, 0.25) is 6.41 Å². The molecule has 2 aliphatic rings. The Morgan fingerprint density at radius 1 is 1.19 bits per heavy atom. The third-order valence-electron chi connectivity index (χ3n) is 4.62. The lowest BCUT2D eigenvalue weighted by Crippen LogP contribution is -2.30. The first kappa shape index (κ1) is 23.0. The summed E-state index contributed by atoms with van der Waals surface area (Å²) >= 11 is 0. The molecule has 0 unspecified atom stereocenters. The summed E-state index contributed by atoms with van der Waals surface area (Å²) in [6.45, 7) is 3.83. The Kier molecular flexibility index (Phi) is 8.84. The molecule has 3 aromatic rings. The molecule has 1 saturated heterocycles. The lowest BCUT2D eigenvalue weighted by molar-refractivity contribution is -0.108. The molecule has 32 heavy (non-hydrogen) atoms. The fourth-order valence-electron chi connectivity index (χ4n) is 3.16. The predicted molar refractivity (Wildman–Crippen MR) is 121 cm³/mol. The summed E-state index contributed by atoms with van der Waals surface area (Å²) in [7, 11) is 3.50. The van der Waals surface area contributed by atoms with E-state index in [1.807, 2.05) is 37.5 Å². The van der Waals surface area contributed by atoms with Crippen molar-refractivity contribution in [2.24, 2.45) is 12.0 Å². The molecule has 0 radical (unpaired) electrons. The first-order chi connectivity index (χ1) is 15.7. The van der Waals surface area contributed by atoms with Crippen LogP contribution in [0.1, 0.15) is 5.56 Å². The van der Waals surface area contributed by atoms with Crippen molar-refractivity contribution in [1.29, 1.82) is 0 Å². The van der Waals surface area contributed by atoms with E-state index >= 15 is 0 Å². The van der Waals surface area contributed by atoms with Gasteiger partial charge in [-0.1, -0.05) is 0 Å². The lowest BCUT2D eigenvalue weighted by atomic mass is 10.0. The van der Waals surface area contributed by atoms with Gasteiger partial charge in [-0.15, -0.1) is 0 Å². The van der Waals surface area contributed by atoms with Crippen LogP contribution >= 0.6 is 0 Å². The normalized spacial score (nSPS) is 14.0. The quantitative estimate of drug-likeness (QED) is 0.597. The van der Waals surface area contributed by atoms with Gasteiger partial charge in [-0.2, -0.15) is 15.3 Å². The molecule has 2 N–H and O–H groups in total. The van der Waals surface area contributed by atoms with E-state index in [1.165, 1.54) is 0 Å². The number of amides is 1. The van der Waals surface area contributed by atoms with Gasteiger partial charge >= 0.3 is 0 Å². The third kappa shape index (κ3) is 6.43. The topological polar surface area (TPSA) is 116 Å². The molecular formula is C22H27N7O3. The van der Waals surface area contributed by atoms with Crippen LogP contribution in [0.3, 0.4) is 0 Å². The van der Waals surface area contributed by atoms with Gasteiger partial charge in [0.15, 0.2) is 0 Å². The van der Waals surface area contributed by atoms with E-state index < -0.39 is 0 Å². The second kappa shape index (κ2) is 12.3. The Morgan fingerprint density at radius 2 is 1.94 bits per heavy atom. The van der Waals surface area contributed by atoms with E-state index in [0.717, 1.165) is 54.4 Å². The first-order valence-electron chi connectivity index (χ1n) is 10.2. The molecular weight excluding hydrogens is 410 g/mol. The summed E-state index contributed by atoms with van der Waals surface area (Å²) in [6.07, 6.45) is 8.21. The minimum Gasteiger partial charge on any atom is -0.496 e. The van der Waals surface area contributed by atoms with Gasteiger partial charge in [-0.3, -0.25) is 9.48 Å². The van der Waals surface area contributed by atoms with Gasteiger partial charge in [0.25, 0.3) is 0 Å². The number of hydrogen-bond acceptors (Lipinski definition) is 8. The number of hydrogen-bond donors (Lipinski definition) is 2. The minimum atomic E-state index is 0.561. The second-order valence-corrected chi connectivity index (χ2v) is 6.82. The SMILES string of the molecule is C1COCCN1.COc1ccc(-c2cnn(C)c2)c2c1CC(NC=O)=N2.c1ccnnc1. The molecule has 10 nitrogen and oxygen atoms in total. The zero-order chi connectivity index (χ0) is 22.6. The van der Waals surface area contributed by atoms with E-state index in [0.29, 0.717) is 18.7 Å². The predicted octanol–water partition coefficient (Wildman–Crippen LogP) is 1.51. The standard InChI is InChI=1S/C14H14N4O2.C4H4N2.C4H9NO/c1-18-7-9(6-16-18)10-3-4-12(20-2)11-5-13(15-8-19)17-14(10)11;1-2-4-6-5-3-1;1-3-6-4-2-5-1/h3-4,6-8H,5H2,1-2H3,(H,15,17,19);1-4H;5H,1-4H2. The van der Waals surface area contributed by atoms with Crippen LogP contribution in [0.4, 0.5) is 5.69 Å². The molecule has 0 bridgehead atoms. The molecule has 2 aromatic heterocycles. The van der Waals surface area contributed by atoms with Crippen molar-refractivity contribution >= 4 is 17.9 Å². The third-order valence-corrected chi connectivity index (χ3v) is 4.62. The highest BCUT2D eigenvalue weighted by Crippen LogP contribution is 2.41. The summed E-state index contributed by atoms with van der Waals surface area (Å²) in [5, 5.41) is 17.0.